The Kier molecular flexibility index (Phi) is 4.73. The molecule has 3 heterocycles. The van der Waals surface area contributed by atoms with Gasteiger partial charge in [0.1, 0.15) is 11.6 Å². The maximum absolute atomic E-state index is 12.2. The van der Waals surface area contributed by atoms with Crippen LogP contribution in [0.2, 0.25) is 5.02 Å². The van der Waals surface area contributed by atoms with Crippen molar-refractivity contribution in [3.63, 3.8) is 0 Å². The summed E-state index contributed by atoms with van der Waals surface area (Å²) in [6, 6.07) is 6.86. The van der Waals surface area contributed by atoms with E-state index in [0.717, 1.165) is 15.9 Å². The fraction of sp³-hybridized carbons (Fsp3) is 0.188. The highest BCUT2D eigenvalue weighted by Crippen LogP contribution is 2.20. The Morgan fingerprint density at radius 3 is 2.75 bits per heavy atom. The minimum absolute atomic E-state index is 0.211. The molecule has 0 bridgehead atoms. The topological polar surface area (TPSA) is 73.0 Å². The molecular weight excluding hydrogens is 396 g/mol. The summed E-state index contributed by atoms with van der Waals surface area (Å²) >= 11 is 9.43. The van der Waals surface area contributed by atoms with Gasteiger partial charge in [-0.15, -0.1) is 0 Å². The molecule has 0 aliphatic carbocycles. The van der Waals surface area contributed by atoms with E-state index >= 15 is 0 Å². The van der Waals surface area contributed by atoms with E-state index in [4.69, 9.17) is 16.0 Å². The van der Waals surface area contributed by atoms with Gasteiger partial charge in [0.05, 0.1) is 23.0 Å². The SMILES string of the molecule is Cc1nn(Cc2ccc(C(=O)Nc3ccc(Br)cn3)o2)c(C)c1Cl. The van der Waals surface area contributed by atoms with Gasteiger partial charge in [0.2, 0.25) is 0 Å². The second kappa shape index (κ2) is 6.78. The van der Waals surface area contributed by atoms with Crippen LogP contribution in [0.1, 0.15) is 27.7 Å². The largest absolute Gasteiger partial charge is 0.454 e. The molecule has 8 heteroatoms. The predicted octanol–water partition coefficient (Wildman–Crippen LogP) is 4.20. The summed E-state index contributed by atoms with van der Waals surface area (Å²) < 4.78 is 8.18. The molecule has 0 spiro atoms. The third-order valence-corrected chi connectivity index (χ3v) is 4.47. The van der Waals surface area contributed by atoms with Gasteiger partial charge >= 0.3 is 0 Å². The number of amides is 1. The van der Waals surface area contributed by atoms with E-state index in [1.54, 1.807) is 35.1 Å². The number of anilines is 1. The molecule has 0 fully saturated rings. The first-order valence-electron chi connectivity index (χ1n) is 7.15. The molecule has 1 amide bonds. The summed E-state index contributed by atoms with van der Waals surface area (Å²) in [6.07, 6.45) is 1.61. The van der Waals surface area contributed by atoms with Crippen LogP contribution in [0.25, 0.3) is 0 Å². The first-order chi connectivity index (χ1) is 11.4. The van der Waals surface area contributed by atoms with Crippen LogP contribution in [0.15, 0.2) is 39.4 Å². The number of hydrogen-bond acceptors (Lipinski definition) is 4. The Balaban J connectivity index is 1.71. The number of halogens is 2. The van der Waals surface area contributed by atoms with Crippen molar-refractivity contribution < 1.29 is 9.21 Å². The summed E-state index contributed by atoms with van der Waals surface area (Å²) in [6.45, 7) is 4.14. The molecule has 0 aliphatic rings. The summed E-state index contributed by atoms with van der Waals surface area (Å²) in [5, 5.41) is 7.66. The number of hydrogen-bond donors (Lipinski definition) is 1. The number of aromatic nitrogens is 3. The lowest BCUT2D eigenvalue weighted by Crippen LogP contribution is -2.12. The minimum Gasteiger partial charge on any atom is -0.454 e. The van der Waals surface area contributed by atoms with Crippen molar-refractivity contribution >= 4 is 39.3 Å². The number of pyridine rings is 1. The first-order valence-corrected chi connectivity index (χ1v) is 8.32. The van der Waals surface area contributed by atoms with Crippen LogP contribution in [0, 0.1) is 13.8 Å². The van der Waals surface area contributed by atoms with Gasteiger partial charge in [-0.05, 0) is 54.0 Å². The van der Waals surface area contributed by atoms with Crippen LogP contribution >= 0.6 is 27.5 Å². The number of carbonyl (C=O) groups is 1. The van der Waals surface area contributed by atoms with Crippen LogP contribution in [0.4, 0.5) is 5.82 Å². The molecule has 3 aromatic rings. The first kappa shape index (κ1) is 16.7. The van der Waals surface area contributed by atoms with Crippen molar-refractivity contribution in [2.24, 2.45) is 0 Å². The number of rotatable bonds is 4. The van der Waals surface area contributed by atoms with Gasteiger partial charge in [-0.2, -0.15) is 5.10 Å². The zero-order valence-electron chi connectivity index (χ0n) is 13.0. The predicted molar refractivity (Wildman–Crippen MR) is 94.4 cm³/mol. The average Bonchev–Trinajstić information content (AvgIpc) is 3.11. The lowest BCUT2D eigenvalue weighted by Gasteiger charge is -2.03. The van der Waals surface area contributed by atoms with Gasteiger partial charge in [0.25, 0.3) is 5.91 Å². The average molecular weight is 410 g/mol. The van der Waals surface area contributed by atoms with Crippen molar-refractivity contribution in [1.29, 1.82) is 0 Å². The van der Waals surface area contributed by atoms with Gasteiger partial charge in [0.15, 0.2) is 5.76 Å². The molecule has 24 heavy (non-hydrogen) atoms. The molecule has 3 aromatic heterocycles. The molecule has 0 saturated heterocycles. The van der Waals surface area contributed by atoms with E-state index in [1.807, 2.05) is 13.8 Å². The van der Waals surface area contributed by atoms with Gasteiger partial charge in [-0.3, -0.25) is 9.48 Å². The molecule has 3 rings (SSSR count). The number of furan rings is 1. The molecule has 0 aliphatic heterocycles. The Morgan fingerprint density at radius 1 is 1.33 bits per heavy atom. The van der Waals surface area contributed by atoms with Crippen molar-refractivity contribution in [3.05, 3.63) is 62.9 Å². The van der Waals surface area contributed by atoms with Gasteiger partial charge in [-0.25, -0.2) is 4.98 Å². The standard InChI is InChI=1S/C16H14BrClN4O2/c1-9-15(18)10(2)22(21-9)8-12-4-5-13(24-12)16(23)20-14-6-3-11(17)7-19-14/h3-7H,8H2,1-2H3,(H,19,20,23). The Hall–Kier alpha value is -2.12. The van der Waals surface area contributed by atoms with E-state index in [2.05, 4.69) is 31.3 Å². The van der Waals surface area contributed by atoms with Gasteiger partial charge < -0.3 is 9.73 Å². The number of nitrogens with zero attached hydrogens (tertiary/aromatic N) is 3. The van der Waals surface area contributed by atoms with Crippen LogP contribution < -0.4 is 5.32 Å². The Bertz CT molecular complexity index is 886. The molecule has 0 saturated carbocycles. The summed E-state index contributed by atoms with van der Waals surface area (Å²) in [5.74, 6) is 0.919. The fourth-order valence-corrected chi connectivity index (χ4v) is 2.56. The zero-order valence-corrected chi connectivity index (χ0v) is 15.3. The lowest BCUT2D eigenvalue weighted by molar-refractivity contribution is 0.0994. The molecule has 124 valence electrons. The van der Waals surface area contributed by atoms with Crippen molar-refractivity contribution in [3.8, 4) is 0 Å². The van der Waals surface area contributed by atoms with Gasteiger partial charge in [0, 0.05) is 10.7 Å². The van der Waals surface area contributed by atoms with Crippen LogP contribution in [-0.4, -0.2) is 20.7 Å². The number of aryl methyl sites for hydroxylation is 1. The van der Waals surface area contributed by atoms with Crippen molar-refractivity contribution in [1.82, 2.24) is 14.8 Å². The third kappa shape index (κ3) is 3.52. The lowest BCUT2D eigenvalue weighted by atomic mass is 10.3. The quantitative estimate of drug-likeness (QED) is 0.701. The third-order valence-electron chi connectivity index (χ3n) is 3.45. The van der Waals surface area contributed by atoms with Gasteiger partial charge in [-0.1, -0.05) is 11.6 Å². The van der Waals surface area contributed by atoms with Crippen LogP contribution in [-0.2, 0) is 6.54 Å². The highest BCUT2D eigenvalue weighted by molar-refractivity contribution is 9.10. The smallest absolute Gasteiger partial charge is 0.292 e. The summed E-state index contributed by atoms with van der Waals surface area (Å²) in [7, 11) is 0. The zero-order chi connectivity index (χ0) is 17.3. The van der Waals surface area contributed by atoms with E-state index in [1.165, 1.54) is 0 Å². The molecule has 0 atom stereocenters. The molecule has 0 aromatic carbocycles. The maximum Gasteiger partial charge on any atom is 0.292 e. The van der Waals surface area contributed by atoms with Crippen molar-refractivity contribution in [2.45, 2.75) is 20.4 Å². The molecule has 6 nitrogen and oxygen atoms in total. The normalized spacial score (nSPS) is 10.8. The minimum atomic E-state index is -0.359. The monoisotopic (exact) mass is 408 g/mol. The second-order valence-corrected chi connectivity index (χ2v) is 6.52. The highest BCUT2D eigenvalue weighted by atomic mass is 79.9. The maximum atomic E-state index is 12.2. The Morgan fingerprint density at radius 2 is 2.12 bits per heavy atom. The van der Waals surface area contributed by atoms with E-state index in [9.17, 15) is 4.79 Å². The molecule has 0 radical (unpaired) electrons. The highest BCUT2D eigenvalue weighted by Gasteiger charge is 2.14. The number of nitrogens with one attached hydrogen (secondary N) is 1. The van der Waals surface area contributed by atoms with Crippen LogP contribution in [0.3, 0.4) is 0 Å². The molecule has 0 unspecified atom stereocenters. The second-order valence-electron chi connectivity index (χ2n) is 5.22. The number of carbonyl (C=O) groups excluding carboxylic acids is 1. The summed E-state index contributed by atoms with van der Waals surface area (Å²) in [5.41, 5.74) is 1.62. The molecule has 1 N–H and O–H groups in total. The fourth-order valence-electron chi connectivity index (χ4n) is 2.19. The van der Waals surface area contributed by atoms with E-state index < -0.39 is 0 Å². The van der Waals surface area contributed by atoms with E-state index in [-0.39, 0.29) is 11.7 Å². The van der Waals surface area contributed by atoms with Crippen LogP contribution in [0.5, 0.6) is 0 Å². The van der Waals surface area contributed by atoms with Crippen molar-refractivity contribution in [2.75, 3.05) is 5.32 Å². The van der Waals surface area contributed by atoms with E-state index in [0.29, 0.717) is 23.1 Å². The molecular formula is C16H14BrClN4O2. The Labute approximate surface area is 152 Å². The summed E-state index contributed by atoms with van der Waals surface area (Å²) in [4.78, 5) is 16.3.